The largest absolute Gasteiger partial charge is 0.439 e. The molecule has 0 bridgehead atoms. The maximum absolute atomic E-state index is 14.1. The highest BCUT2D eigenvalue weighted by atomic mass is 31.2. The van der Waals surface area contributed by atoms with E-state index in [0.717, 1.165) is 54.8 Å². The van der Waals surface area contributed by atoms with Gasteiger partial charge in [-0.2, -0.15) is 0 Å². The third-order valence-corrected chi connectivity index (χ3v) is 14.1. The van der Waals surface area contributed by atoms with Crippen LogP contribution in [0.5, 0.6) is 17.2 Å². The summed E-state index contributed by atoms with van der Waals surface area (Å²) in [5, 5.41) is 3.93. The van der Waals surface area contributed by atoms with Crippen molar-refractivity contribution in [2.24, 2.45) is 0 Å². The minimum absolute atomic E-state index is 0.501. The highest BCUT2D eigenvalue weighted by Gasteiger charge is 2.33. The lowest BCUT2D eigenvalue weighted by atomic mass is 9.95. The van der Waals surface area contributed by atoms with Gasteiger partial charge in [-0.15, -0.1) is 0 Å². The van der Waals surface area contributed by atoms with Crippen molar-refractivity contribution in [1.29, 1.82) is 0 Å². The van der Waals surface area contributed by atoms with E-state index in [1.54, 1.807) is 19.4 Å². The topological polar surface area (TPSA) is 78.9 Å². The maximum atomic E-state index is 14.1. The highest BCUT2D eigenvalue weighted by molar-refractivity contribution is 7.78. The molecule has 0 spiro atoms. The van der Waals surface area contributed by atoms with Crippen molar-refractivity contribution in [3.05, 3.63) is 121 Å². The molecule has 0 saturated heterocycles. The fraction of sp³-hybridized carbons (Fsp3) is 0.0811. The molecule has 2 aliphatic rings. The Balaban J connectivity index is 1.15. The van der Waals surface area contributed by atoms with E-state index in [0.29, 0.717) is 22.6 Å². The molecule has 0 aromatic heterocycles. The van der Waals surface area contributed by atoms with Crippen molar-refractivity contribution in [3.8, 4) is 50.6 Å². The molecule has 2 heterocycles. The van der Waals surface area contributed by atoms with E-state index in [4.69, 9.17) is 13.6 Å². The van der Waals surface area contributed by atoms with E-state index in [1.807, 2.05) is 115 Å². The van der Waals surface area contributed by atoms with Crippen molar-refractivity contribution in [1.82, 2.24) is 0 Å². The SMILES string of the molecule is CP1(=O)Oc2cccc3cc(-c4ccc5c(c4)P(C)(=O)Oc4cc(-c6ccc(P(C)(=O)c7ccccc7)cc6)ccc4-5)cc(c23)O1. The van der Waals surface area contributed by atoms with Crippen molar-refractivity contribution >= 4 is 48.8 Å². The Morgan fingerprint density at radius 2 is 1.17 bits per heavy atom. The van der Waals surface area contributed by atoms with Gasteiger partial charge in [0.25, 0.3) is 7.37 Å². The van der Waals surface area contributed by atoms with E-state index in [1.165, 1.54) is 6.66 Å². The molecule has 0 fully saturated rings. The van der Waals surface area contributed by atoms with Crippen LogP contribution >= 0.6 is 22.1 Å². The molecule has 228 valence electrons. The third kappa shape index (κ3) is 4.84. The summed E-state index contributed by atoms with van der Waals surface area (Å²) in [6.07, 6.45) is 0. The molecule has 6 aromatic carbocycles. The summed E-state index contributed by atoms with van der Waals surface area (Å²) in [6, 6.07) is 38.7. The number of rotatable bonds is 4. The minimum atomic E-state index is -3.29. The summed E-state index contributed by atoms with van der Waals surface area (Å²) in [4.78, 5) is 0. The number of fused-ring (bicyclic) bond motifs is 3. The van der Waals surface area contributed by atoms with E-state index < -0.39 is 22.1 Å². The molecule has 46 heavy (non-hydrogen) atoms. The van der Waals surface area contributed by atoms with Gasteiger partial charge < -0.3 is 18.1 Å². The average Bonchev–Trinajstić information content (AvgIpc) is 3.04. The molecule has 0 saturated carbocycles. The molecule has 9 heteroatoms. The Labute approximate surface area is 267 Å². The zero-order valence-electron chi connectivity index (χ0n) is 25.3. The van der Waals surface area contributed by atoms with Crippen LogP contribution in [0, 0.1) is 0 Å². The highest BCUT2D eigenvalue weighted by Crippen LogP contribution is 2.56. The zero-order chi connectivity index (χ0) is 31.8. The fourth-order valence-corrected chi connectivity index (χ4v) is 10.8. The molecule has 2 aliphatic heterocycles. The molecule has 0 aliphatic carbocycles. The first kappa shape index (κ1) is 29.1. The van der Waals surface area contributed by atoms with E-state index in [9.17, 15) is 13.7 Å². The normalized spacial score (nSPS) is 20.8. The van der Waals surface area contributed by atoms with Gasteiger partial charge in [-0.05, 0) is 76.3 Å². The summed E-state index contributed by atoms with van der Waals surface area (Å²) in [5.74, 6) is 1.60. The second-order valence-electron chi connectivity index (χ2n) is 12.0. The van der Waals surface area contributed by atoms with Gasteiger partial charge in [0, 0.05) is 22.8 Å². The molecule has 0 radical (unpaired) electrons. The monoisotopic (exact) mass is 662 g/mol. The minimum Gasteiger partial charge on any atom is -0.439 e. The van der Waals surface area contributed by atoms with Gasteiger partial charge in [-0.1, -0.05) is 84.9 Å². The lowest BCUT2D eigenvalue weighted by molar-refractivity contribution is 0.386. The van der Waals surface area contributed by atoms with Gasteiger partial charge in [0.15, 0.2) is 0 Å². The number of benzene rings is 6. The molecule has 3 unspecified atom stereocenters. The van der Waals surface area contributed by atoms with E-state index in [2.05, 4.69) is 0 Å². The third-order valence-electron chi connectivity index (χ3n) is 8.69. The maximum Gasteiger partial charge on any atom is 0.427 e. The second-order valence-corrected chi connectivity index (χ2v) is 19.1. The lowest BCUT2D eigenvalue weighted by Crippen LogP contribution is -2.17. The van der Waals surface area contributed by atoms with Crippen molar-refractivity contribution in [2.75, 3.05) is 20.0 Å². The molecule has 3 atom stereocenters. The summed E-state index contributed by atoms with van der Waals surface area (Å²) >= 11 is 0. The molecule has 8 rings (SSSR count). The Morgan fingerprint density at radius 3 is 1.93 bits per heavy atom. The smallest absolute Gasteiger partial charge is 0.427 e. The van der Waals surface area contributed by atoms with Crippen molar-refractivity contribution in [2.45, 2.75) is 0 Å². The number of hydrogen-bond acceptors (Lipinski definition) is 6. The summed E-state index contributed by atoms with van der Waals surface area (Å²) in [5.41, 5.74) is 5.28. The van der Waals surface area contributed by atoms with Gasteiger partial charge in [0.05, 0.1) is 17.4 Å². The lowest BCUT2D eigenvalue weighted by Gasteiger charge is -2.28. The van der Waals surface area contributed by atoms with Crippen LogP contribution < -0.4 is 29.5 Å². The molecular weight excluding hydrogens is 633 g/mol. The predicted octanol–water partition coefficient (Wildman–Crippen LogP) is 9.30. The first-order valence-electron chi connectivity index (χ1n) is 14.8. The van der Waals surface area contributed by atoms with Crippen LogP contribution in [-0.4, -0.2) is 20.0 Å². The molecular formula is C37H29O6P3. The first-order valence-corrected chi connectivity index (χ1v) is 21.0. The Morgan fingerprint density at radius 1 is 0.543 bits per heavy atom. The van der Waals surface area contributed by atoms with E-state index >= 15 is 0 Å². The van der Waals surface area contributed by atoms with Crippen LogP contribution in [0.3, 0.4) is 0 Å². The first-order chi connectivity index (χ1) is 22.0. The standard InChI is InChI=1S/C37H29O6P3/c1-44(38,29-9-5-4-6-10-29)30-16-12-24(13-17-30)25-14-18-31-32-19-15-26(23-36(32)45(2,39)41-34(31)21-25)28-20-27-8-7-11-33-37(27)35(22-28)43-46(3,40)42-33/h4-23H,1-3H3. The van der Waals surface area contributed by atoms with Gasteiger partial charge in [0.2, 0.25) is 0 Å². The molecule has 0 N–H and O–H groups in total. The molecule has 0 amide bonds. The van der Waals surface area contributed by atoms with Gasteiger partial charge in [0.1, 0.15) is 24.4 Å². The van der Waals surface area contributed by atoms with Crippen LogP contribution in [-0.2, 0) is 13.7 Å². The van der Waals surface area contributed by atoms with Crippen molar-refractivity contribution in [3.63, 3.8) is 0 Å². The van der Waals surface area contributed by atoms with Gasteiger partial charge in [-0.25, -0.2) is 4.57 Å². The Hall–Kier alpha value is -4.33. The van der Waals surface area contributed by atoms with Crippen LogP contribution in [0.1, 0.15) is 0 Å². The number of hydrogen-bond donors (Lipinski definition) is 0. The van der Waals surface area contributed by atoms with Crippen LogP contribution in [0.15, 0.2) is 121 Å². The zero-order valence-corrected chi connectivity index (χ0v) is 28.0. The van der Waals surface area contributed by atoms with Gasteiger partial charge in [-0.3, -0.25) is 4.57 Å². The van der Waals surface area contributed by atoms with Gasteiger partial charge >= 0.3 is 7.60 Å². The van der Waals surface area contributed by atoms with E-state index in [-0.39, 0.29) is 0 Å². The Bertz CT molecular complexity index is 2370. The van der Waals surface area contributed by atoms with Crippen molar-refractivity contribution < 1.29 is 27.3 Å². The van der Waals surface area contributed by atoms with Crippen LogP contribution in [0.2, 0.25) is 0 Å². The quantitative estimate of drug-likeness (QED) is 0.175. The fourth-order valence-electron chi connectivity index (χ4n) is 6.36. The summed E-state index contributed by atoms with van der Waals surface area (Å²) in [7, 11) is -9.26. The Kier molecular flexibility index (Phi) is 6.54. The van der Waals surface area contributed by atoms with Crippen LogP contribution in [0.25, 0.3) is 44.2 Å². The van der Waals surface area contributed by atoms with Crippen LogP contribution in [0.4, 0.5) is 0 Å². The summed E-state index contributed by atoms with van der Waals surface area (Å²) in [6.45, 7) is 4.90. The molecule has 6 aromatic rings. The summed E-state index contributed by atoms with van der Waals surface area (Å²) < 4.78 is 58.1. The second kappa shape index (κ2) is 10.3. The molecule has 6 nitrogen and oxygen atoms in total. The predicted molar refractivity (Wildman–Crippen MR) is 188 cm³/mol. The average molecular weight is 663 g/mol.